The molecule has 25 heavy (non-hydrogen) atoms. The van der Waals surface area contributed by atoms with Gasteiger partial charge < -0.3 is 10.1 Å². The van der Waals surface area contributed by atoms with E-state index in [1.807, 2.05) is 30.3 Å². The number of rotatable bonds is 4. The number of nitrogens with one attached hydrogen (secondary N) is 2. The lowest BCUT2D eigenvalue weighted by molar-refractivity contribution is -0.118. The Hall–Kier alpha value is -2.93. The third-order valence-electron chi connectivity index (χ3n) is 3.88. The smallest absolute Gasteiger partial charge is 0.264 e. The van der Waals surface area contributed by atoms with Crippen molar-refractivity contribution in [2.24, 2.45) is 0 Å². The van der Waals surface area contributed by atoms with Crippen LogP contribution in [-0.2, 0) is 16.0 Å². The third kappa shape index (κ3) is 3.46. The van der Waals surface area contributed by atoms with Crippen LogP contribution in [0.4, 0.5) is 10.8 Å². The largest absolute Gasteiger partial charge is 0.484 e. The summed E-state index contributed by atoms with van der Waals surface area (Å²) in [4.78, 5) is 27.8. The Labute approximate surface area is 147 Å². The number of aryl methyl sites for hydroxylation is 1. The lowest BCUT2D eigenvalue weighted by Gasteiger charge is -2.17. The number of nitrogens with zero attached hydrogens (tertiary/aromatic N) is 1. The van der Waals surface area contributed by atoms with Crippen LogP contribution in [0.5, 0.6) is 5.75 Å². The summed E-state index contributed by atoms with van der Waals surface area (Å²) in [5.74, 6) is 0.371. The van der Waals surface area contributed by atoms with E-state index in [2.05, 4.69) is 15.6 Å². The first-order valence-corrected chi connectivity index (χ1v) is 8.70. The summed E-state index contributed by atoms with van der Waals surface area (Å²) < 4.78 is 6.58. The van der Waals surface area contributed by atoms with E-state index in [9.17, 15) is 9.59 Å². The average Bonchev–Trinajstić information content (AvgIpc) is 3.02. The van der Waals surface area contributed by atoms with Crippen LogP contribution in [-0.4, -0.2) is 23.4 Å². The zero-order valence-electron chi connectivity index (χ0n) is 13.2. The van der Waals surface area contributed by atoms with Crippen molar-refractivity contribution in [2.75, 3.05) is 17.2 Å². The SMILES string of the molecule is O=C(COc1ccc2c(c1)CCC(=O)N2)Nc1nc2ccccc2s1. The predicted molar refractivity (Wildman–Crippen MR) is 97.1 cm³/mol. The predicted octanol–water partition coefficient (Wildman–Crippen LogP) is 3.20. The van der Waals surface area contributed by atoms with Gasteiger partial charge in [-0.1, -0.05) is 23.5 Å². The van der Waals surface area contributed by atoms with E-state index in [1.54, 1.807) is 12.1 Å². The minimum atomic E-state index is -0.259. The fourth-order valence-corrected chi connectivity index (χ4v) is 3.56. The van der Waals surface area contributed by atoms with E-state index < -0.39 is 0 Å². The number of carbonyl (C=O) groups excluding carboxylic acids is 2. The van der Waals surface area contributed by atoms with E-state index in [0.29, 0.717) is 23.7 Å². The summed E-state index contributed by atoms with van der Waals surface area (Å²) in [6.07, 6.45) is 1.14. The standard InChI is InChI=1S/C18H15N3O3S/c22-16-8-5-11-9-12(6-7-13(11)19-16)24-10-17(23)21-18-20-14-3-1-2-4-15(14)25-18/h1-4,6-7,9H,5,8,10H2,(H,19,22)(H,20,21,23). The first kappa shape index (κ1) is 15.6. The summed E-state index contributed by atoms with van der Waals surface area (Å²) >= 11 is 1.43. The van der Waals surface area contributed by atoms with Gasteiger partial charge in [0, 0.05) is 12.1 Å². The molecule has 0 saturated carbocycles. The van der Waals surface area contributed by atoms with Crippen LogP contribution < -0.4 is 15.4 Å². The van der Waals surface area contributed by atoms with Crippen molar-refractivity contribution in [3.63, 3.8) is 0 Å². The zero-order chi connectivity index (χ0) is 17.2. The molecule has 2 amide bonds. The van der Waals surface area contributed by atoms with Crippen molar-refractivity contribution in [1.29, 1.82) is 0 Å². The lowest BCUT2D eigenvalue weighted by Crippen LogP contribution is -2.21. The maximum Gasteiger partial charge on any atom is 0.264 e. The Morgan fingerprint density at radius 1 is 1.24 bits per heavy atom. The Bertz CT molecular complexity index is 934. The highest BCUT2D eigenvalue weighted by molar-refractivity contribution is 7.22. The fraction of sp³-hybridized carbons (Fsp3) is 0.167. The van der Waals surface area contributed by atoms with Crippen molar-refractivity contribution in [2.45, 2.75) is 12.8 Å². The molecule has 126 valence electrons. The molecule has 4 rings (SSSR count). The second kappa shape index (κ2) is 6.52. The second-order valence-electron chi connectivity index (χ2n) is 5.69. The lowest BCUT2D eigenvalue weighted by atomic mass is 10.0. The molecule has 1 aliphatic heterocycles. The van der Waals surface area contributed by atoms with Gasteiger partial charge in [0.1, 0.15) is 5.75 Å². The Morgan fingerprint density at radius 2 is 2.12 bits per heavy atom. The molecule has 2 aromatic carbocycles. The number of para-hydroxylation sites is 1. The van der Waals surface area contributed by atoms with E-state index >= 15 is 0 Å². The van der Waals surface area contributed by atoms with E-state index in [-0.39, 0.29) is 18.4 Å². The van der Waals surface area contributed by atoms with Crippen molar-refractivity contribution < 1.29 is 14.3 Å². The number of amides is 2. The van der Waals surface area contributed by atoms with E-state index in [4.69, 9.17) is 4.74 Å². The molecule has 2 heterocycles. The molecule has 0 saturated heterocycles. The van der Waals surface area contributed by atoms with Gasteiger partial charge >= 0.3 is 0 Å². The molecule has 0 aliphatic carbocycles. The fourth-order valence-electron chi connectivity index (χ4n) is 2.68. The summed E-state index contributed by atoms with van der Waals surface area (Å²) in [6, 6.07) is 13.1. The highest BCUT2D eigenvalue weighted by Gasteiger charge is 2.15. The molecular formula is C18H15N3O3S. The number of aromatic nitrogens is 1. The van der Waals surface area contributed by atoms with Crippen LogP contribution in [0.15, 0.2) is 42.5 Å². The van der Waals surface area contributed by atoms with Crippen LogP contribution in [0.25, 0.3) is 10.2 Å². The van der Waals surface area contributed by atoms with Crippen LogP contribution in [0, 0.1) is 0 Å². The van der Waals surface area contributed by atoms with Crippen molar-refractivity contribution in [3.05, 3.63) is 48.0 Å². The highest BCUT2D eigenvalue weighted by Crippen LogP contribution is 2.27. The van der Waals surface area contributed by atoms with Gasteiger partial charge in [0.2, 0.25) is 5.91 Å². The Balaban J connectivity index is 1.38. The van der Waals surface area contributed by atoms with Gasteiger partial charge in [0.15, 0.2) is 11.7 Å². The Kier molecular flexibility index (Phi) is 4.07. The minimum absolute atomic E-state index is 0.0244. The quantitative estimate of drug-likeness (QED) is 0.755. The molecular weight excluding hydrogens is 338 g/mol. The number of hydrogen-bond donors (Lipinski definition) is 2. The van der Waals surface area contributed by atoms with Gasteiger partial charge in [-0.2, -0.15) is 0 Å². The van der Waals surface area contributed by atoms with Gasteiger partial charge in [-0.3, -0.25) is 14.9 Å². The summed E-state index contributed by atoms with van der Waals surface area (Å²) in [5.41, 5.74) is 2.69. The third-order valence-corrected chi connectivity index (χ3v) is 4.83. The van der Waals surface area contributed by atoms with Gasteiger partial charge in [-0.05, 0) is 42.3 Å². The number of ether oxygens (including phenoxy) is 1. The maximum absolute atomic E-state index is 12.1. The molecule has 0 fully saturated rings. The van der Waals surface area contributed by atoms with Gasteiger partial charge in [-0.25, -0.2) is 4.98 Å². The van der Waals surface area contributed by atoms with Crippen molar-refractivity contribution >= 4 is 44.2 Å². The molecule has 1 aromatic heterocycles. The Morgan fingerprint density at radius 3 is 3.00 bits per heavy atom. The normalized spacial score (nSPS) is 13.2. The zero-order valence-corrected chi connectivity index (χ0v) is 14.1. The van der Waals surface area contributed by atoms with Gasteiger partial charge in [-0.15, -0.1) is 0 Å². The number of fused-ring (bicyclic) bond motifs is 2. The molecule has 6 nitrogen and oxygen atoms in total. The highest BCUT2D eigenvalue weighted by atomic mass is 32.1. The van der Waals surface area contributed by atoms with E-state index in [0.717, 1.165) is 21.5 Å². The summed E-state index contributed by atoms with van der Waals surface area (Å²) in [7, 11) is 0. The number of anilines is 2. The first-order valence-electron chi connectivity index (χ1n) is 7.88. The summed E-state index contributed by atoms with van der Waals surface area (Å²) in [5, 5.41) is 6.13. The number of carbonyl (C=O) groups is 2. The average molecular weight is 353 g/mol. The van der Waals surface area contributed by atoms with Gasteiger partial charge in [0.05, 0.1) is 10.2 Å². The van der Waals surface area contributed by atoms with Crippen LogP contribution in [0.3, 0.4) is 0 Å². The van der Waals surface area contributed by atoms with E-state index in [1.165, 1.54) is 11.3 Å². The molecule has 1 aliphatic rings. The minimum Gasteiger partial charge on any atom is -0.484 e. The molecule has 0 unspecified atom stereocenters. The number of benzene rings is 2. The molecule has 0 atom stereocenters. The molecule has 7 heteroatoms. The number of thiazole rings is 1. The maximum atomic E-state index is 12.1. The van der Waals surface area contributed by atoms with Gasteiger partial charge in [0.25, 0.3) is 5.91 Å². The van der Waals surface area contributed by atoms with Crippen LogP contribution >= 0.6 is 11.3 Å². The van der Waals surface area contributed by atoms with Crippen LogP contribution in [0.1, 0.15) is 12.0 Å². The molecule has 2 N–H and O–H groups in total. The first-order chi connectivity index (χ1) is 12.2. The van der Waals surface area contributed by atoms with Crippen molar-refractivity contribution in [1.82, 2.24) is 4.98 Å². The molecule has 3 aromatic rings. The monoisotopic (exact) mass is 353 g/mol. The van der Waals surface area contributed by atoms with Crippen LogP contribution in [0.2, 0.25) is 0 Å². The molecule has 0 bridgehead atoms. The van der Waals surface area contributed by atoms with Crippen molar-refractivity contribution in [3.8, 4) is 5.75 Å². The second-order valence-corrected chi connectivity index (χ2v) is 6.72. The number of hydrogen-bond acceptors (Lipinski definition) is 5. The summed E-state index contributed by atoms with van der Waals surface area (Å²) in [6.45, 7) is -0.0962. The molecule has 0 radical (unpaired) electrons. The molecule has 0 spiro atoms. The topological polar surface area (TPSA) is 80.3 Å².